The molecule has 1 aliphatic rings. The lowest BCUT2D eigenvalue weighted by molar-refractivity contribution is -0.121. The van der Waals surface area contributed by atoms with E-state index in [0.717, 1.165) is 43.2 Å². The van der Waals surface area contributed by atoms with Gasteiger partial charge in [-0.05, 0) is 61.6 Å². The van der Waals surface area contributed by atoms with E-state index in [0.29, 0.717) is 37.1 Å². The van der Waals surface area contributed by atoms with Gasteiger partial charge in [0.15, 0.2) is 5.96 Å². The lowest BCUT2D eigenvalue weighted by Gasteiger charge is -2.34. The van der Waals surface area contributed by atoms with E-state index in [1.165, 1.54) is 0 Å². The predicted octanol–water partition coefficient (Wildman–Crippen LogP) is 3.20. The summed E-state index contributed by atoms with van der Waals surface area (Å²) in [5.74, 6) is 3.49. The highest BCUT2D eigenvalue weighted by Gasteiger charge is 2.23. The summed E-state index contributed by atoms with van der Waals surface area (Å²) in [6, 6.07) is 11.4. The van der Waals surface area contributed by atoms with Crippen LogP contribution >= 0.6 is 0 Å². The van der Waals surface area contributed by atoms with Crippen LogP contribution in [0, 0.1) is 5.92 Å². The molecule has 1 aromatic carbocycles. The van der Waals surface area contributed by atoms with Crippen molar-refractivity contribution in [3.8, 4) is 17.4 Å². The number of guanidine groups is 1. The van der Waals surface area contributed by atoms with Crippen LogP contribution < -0.4 is 20.1 Å². The summed E-state index contributed by atoms with van der Waals surface area (Å²) in [5.41, 5.74) is 1.05. The minimum Gasteiger partial charge on any atom is -0.494 e. The fraction of sp³-hybridized carbons (Fsp3) is 0.458. The number of carbonyl (C=O) groups is 1. The molecule has 0 radical (unpaired) electrons. The first kappa shape index (κ1) is 23.4. The predicted molar refractivity (Wildman–Crippen MR) is 125 cm³/mol. The molecule has 1 aromatic heterocycles. The number of piperidine rings is 1. The van der Waals surface area contributed by atoms with Gasteiger partial charge in [-0.1, -0.05) is 0 Å². The van der Waals surface area contributed by atoms with Gasteiger partial charge in [-0.25, -0.2) is 4.98 Å². The van der Waals surface area contributed by atoms with E-state index in [9.17, 15) is 4.79 Å². The Morgan fingerprint density at radius 2 is 1.91 bits per heavy atom. The van der Waals surface area contributed by atoms with Gasteiger partial charge < -0.3 is 25.0 Å². The molecule has 8 nitrogen and oxygen atoms in total. The fourth-order valence-corrected chi connectivity index (χ4v) is 3.73. The van der Waals surface area contributed by atoms with Crippen molar-refractivity contribution in [1.29, 1.82) is 0 Å². The molecule has 1 saturated heterocycles. The summed E-state index contributed by atoms with van der Waals surface area (Å²) in [7, 11) is 3.49. The van der Waals surface area contributed by atoms with Crippen LogP contribution in [0.2, 0.25) is 0 Å². The van der Waals surface area contributed by atoms with Crippen molar-refractivity contribution >= 4 is 11.9 Å². The van der Waals surface area contributed by atoms with Gasteiger partial charge in [0.2, 0.25) is 11.8 Å². The minimum atomic E-state index is 0.118. The first-order chi connectivity index (χ1) is 15.6. The maximum atomic E-state index is 11.6. The van der Waals surface area contributed by atoms with Crippen molar-refractivity contribution in [2.75, 3.05) is 33.8 Å². The second-order valence-electron chi connectivity index (χ2n) is 7.72. The van der Waals surface area contributed by atoms with Gasteiger partial charge in [-0.15, -0.1) is 0 Å². The Morgan fingerprint density at radius 1 is 1.19 bits per heavy atom. The molecule has 2 N–H and O–H groups in total. The van der Waals surface area contributed by atoms with Gasteiger partial charge in [-0.3, -0.25) is 9.79 Å². The molecule has 0 unspecified atom stereocenters. The maximum Gasteiger partial charge on any atom is 0.220 e. The van der Waals surface area contributed by atoms with Gasteiger partial charge in [0.05, 0.1) is 6.61 Å². The third kappa shape index (κ3) is 6.87. The van der Waals surface area contributed by atoms with Crippen LogP contribution in [-0.2, 0) is 11.3 Å². The number of nitrogens with zero attached hydrogens (tertiary/aromatic N) is 3. The van der Waals surface area contributed by atoms with Crippen LogP contribution in [0.4, 0.5) is 0 Å². The Bertz CT molecular complexity index is 893. The summed E-state index contributed by atoms with van der Waals surface area (Å²) in [5, 5.41) is 6.15. The van der Waals surface area contributed by atoms with Crippen LogP contribution in [0.15, 0.2) is 47.6 Å². The van der Waals surface area contributed by atoms with Crippen LogP contribution in [-0.4, -0.2) is 55.5 Å². The van der Waals surface area contributed by atoms with Crippen LogP contribution in [0.5, 0.6) is 17.4 Å². The summed E-state index contributed by atoms with van der Waals surface area (Å²) in [6.45, 7) is 4.99. The van der Waals surface area contributed by atoms with Gasteiger partial charge in [0.25, 0.3) is 0 Å². The van der Waals surface area contributed by atoms with Gasteiger partial charge in [-0.2, -0.15) is 0 Å². The molecule has 1 amide bonds. The molecule has 1 fully saturated rings. The summed E-state index contributed by atoms with van der Waals surface area (Å²) >= 11 is 0. The van der Waals surface area contributed by atoms with E-state index >= 15 is 0 Å². The lowest BCUT2D eigenvalue weighted by Crippen LogP contribution is -2.45. The summed E-state index contributed by atoms with van der Waals surface area (Å²) < 4.78 is 11.3. The molecule has 2 aromatic rings. The highest BCUT2D eigenvalue weighted by Crippen LogP contribution is 2.23. The number of amides is 1. The van der Waals surface area contributed by atoms with Gasteiger partial charge in [0.1, 0.15) is 11.5 Å². The number of rotatable bonds is 8. The van der Waals surface area contributed by atoms with Crippen molar-refractivity contribution in [1.82, 2.24) is 20.5 Å². The Morgan fingerprint density at radius 3 is 2.56 bits per heavy atom. The smallest absolute Gasteiger partial charge is 0.220 e. The second kappa shape index (κ2) is 11.9. The Kier molecular flexibility index (Phi) is 8.71. The number of hydrogen-bond donors (Lipinski definition) is 2. The van der Waals surface area contributed by atoms with E-state index in [-0.39, 0.29) is 5.91 Å². The number of ether oxygens (including phenoxy) is 2. The molecular formula is C24H33N5O3. The van der Waals surface area contributed by atoms with Crippen LogP contribution in [0.1, 0.15) is 31.7 Å². The molecule has 0 spiro atoms. The number of aromatic nitrogens is 1. The third-order valence-electron chi connectivity index (χ3n) is 5.49. The number of carbonyl (C=O) groups excluding carboxylic acids is 1. The number of likely N-dealkylation sites (tertiary alicyclic amines) is 1. The molecule has 0 aliphatic carbocycles. The summed E-state index contributed by atoms with van der Waals surface area (Å²) in [4.78, 5) is 22.6. The van der Waals surface area contributed by atoms with Crippen molar-refractivity contribution in [2.45, 2.75) is 32.7 Å². The lowest BCUT2D eigenvalue weighted by atomic mass is 9.93. The number of aliphatic imine (C=N–C) groups is 1. The number of hydrogen-bond acceptors (Lipinski definition) is 5. The molecule has 0 atom stereocenters. The van der Waals surface area contributed by atoms with Crippen molar-refractivity contribution < 1.29 is 14.3 Å². The zero-order valence-electron chi connectivity index (χ0n) is 19.1. The Labute approximate surface area is 190 Å². The molecule has 172 valence electrons. The Hall–Kier alpha value is -3.29. The average Bonchev–Trinajstić information content (AvgIpc) is 2.82. The molecule has 32 heavy (non-hydrogen) atoms. The van der Waals surface area contributed by atoms with Crippen molar-refractivity contribution in [3.63, 3.8) is 0 Å². The summed E-state index contributed by atoms with van der Waals surface area (Å²) in [6.07, 6.45) is 4.32. The second-order valence-corrected chi connectivity index (χ2v) is 7.72. The minimum absolute atomic E-state index is 0.118. The Balaban J connectivity index is 1.51. The average molecular weight is 440 g/mol. The van der Waals surface area contributed by atoms with Crippen LogP contribution in [0.3, 0.4) is 0 Å². The topological polar surface area (TPSA) is 88.1 Å². The third-order valence-corrected chi connectivity index (χ3v) is 5.49. The molecular weight excluding hydrogens is 406 g/mol. The highest BCUT2D eigenvalue weighted by atomic mass is 16.5. The number of nitrogens with one attached hydrogen (secondary N) is 2. The van der Waals surface area contributed by atoms with Crippen molar-refractivity contribution in [2.24, 2.45) is 10.9 Å². The number of benzene rings is 1. The van der Waals surface area contributed by atoms with E-state index < -0.39 is 0 Å². The first-order valence-electron chi connectivity index (χ1n) is 11.1. The normalized spacial score (nSPS) is 14.7. The first-order valence-corrected chi connectivity index (χ1v) is 11.1. The highest BCUT2D eigenvalue weighted by molar-refractivity contribution is 5.80. The maximum absolute atomic E-state index is 11.6. The largest absolute Gasteiger partial charge is 0.494 e. The standard InChI is InChI=1S/C24H33N5O3/c1-4-31-20-5-7-21(8-6-20)32-23-16-19(9-12-27-23)17-28-24(26-3)29-13-10-18(11-14-29)15-22(30)25-2/h5-9,12,16,18H,4,10-11,13-15,17H2,1-3H3,(H,25,30)(H,26,28). The molecule has 2 heterocycles. The monoisotopic (exact) mass is 439 g/mol. The number of pyridine rings is 1. The molecule has 0 bridgehead atoms. The SMILES string of the molecule is CCOc1ccc(Oc2cc(CNC(=NC)N3CCC(CC(=O)NC)CC3)ccn2)cc1. The zero-order chi connectivity index (χ0) is 22.8. The van der Waals surface area contributed by atoms with Gasteiger partial charge in [0, 0.05) is 52.4 Å². The van der Waals surface area contributed by atoms with Crippen molar-refractivity contribution in [3.05, 3.63) is 48.2 Å². The van der Waals surface area contributed by atoms with E-state index in [2.05, 4.69) is 25.5 Å². The molecule has 0 saturated carbocycles. The van der Waals surface area contributed by atoms with Gasteiger partial charge >= 0.3 is 0 Å². The molecule has 3 rings (SSSR count). The van der Waals surface area contributed by atoms with Crippen LogP contribution in [0.25, 0.3) is 0 Å². The molecule has 8 heteroatoms. The zero-order valence-corrected chi connectivity index (χ0v) is 19.1. The van der Waals surface area contributed by atoms with E-state index in [1.807, 2.05) is 43.3 Å². The quantitative estimate of drug-likeness (QED) is 0.485. The molecule has 1 aliphatic heterocycles. The van der Waals surface area contributed by atoms with E-state index in [4.69, 9.17) is 9.47 Å². The fourth-order valence-electron chi connectivity index (χ4n) is 3.73. The van der Waals surface area contributed by atoms with E-state index in [1.54, 1.807) is 20.3 Å².